The van der Waals surface area contributed by atoms with E-state index in [4.69, 9.17) is 0 Å². The van der Waals surface area contributed by atoms with E-state index in [9.17, 15) is 9.59 Å². The predicted molar refractivity (Wildman–Crippen MR) is 138 cm³/mol. The van der Waals surface area contributed by atoms with Crippen LogP contribution in [-0.2, 0) is 0 Å². The van der Waals surface area contributed by atoms with E-state index < -0.39 is 10.9 Å². The van der Waals surface area contributed by atoms with Crippen LogP contribution in [0, 0.1) is 0 Å². The van der Waals surface area contributed by atoms with Gasteiger partial charge in [0.2, 0.25) is 0 Å². The molecular weight excluding hydrogens is 422 g/mol. The van der Waals surface area contributed by atoms with Gasteiger partial charge in [0.05, 0.1) is 5.69 Å². The average Bonchev–Trinajstić information content (AvgIpc) is 2.91. The molecule has 0 aliphatic carbocycles. The Labute approximate surface area is 197 Å². The highest BCUT2D eigenvalue weighted by atomic mass is 16.2. The highest BCUT2D eigenvalue weighted by Crippen LogP contribution is 2.29. The molecule has 0 fully saturated rings. The van der Waals surface area contributed by atoms with Crippen molar-refractivity contribution in [3.63, 3.8) is 0 Å². The lowest BCUT2D eigenvalue weighted by Crippen LogP contribution is -2.37. The Morgan fingerprint density at radius 1 is 0.676 bits per heavy atom. The maximum absolute atomic E-state index is 12.3. The van der Waals surface area contributed by atoms with Crippen molar-refractivity contribution in [3.05, 3.63) is 129 Å². The topological polar surface area (TPSA) is 71.1 Å². The number of hydrogen-bond acceptors (Lipinski definition) is 5. The second-order valence-electron chi connectivity index (χ2n) is 8.19. The summed E-state index contributed by atoms with van der Waals surface area (Å²) in [5.74, 6) is 0. The lowest BCUT2D eigenvalue weighted by molar-refractivity contribution is 0.880. The van der Waals surface area contributed by atoms with Crippen molar-refractivity contribution < 1.29 is 0 Å². The molecule has 0 saturated heterocycles. The fourth-order valence-electron chi connectivity index (χ4n) is 3.99. The lowest BCUT2D eigenvalue weighted by atomic mass is 10.0. The summed E-state index contributed by atoms with van der Waals surface area (Å²) in [5.41, 5.74) is 5.26. The van der Waals surface area contributed by atoms with Crippen LogP contribution in [0.2, 0.25) is 0 Å². The van der Waals surface area contributed by atoms with E-state index in [1.54, 1.807) is 12.3 Å². The van der Waals surface area contributed by atoms with E-state index in [0.29, 0.717) is 11.4 Å². The standard InChI is InChI=1S/C29H23N3O2/c1-19(20-9-4-2-5-10-20)31-26-27(29(34)28(26)33)32-24-15-16-30-25(18-24)23-14-8-13-22(17-23)21-11-6-3-7-12-21/h2-19,31H,1H3,(H,30,32)/t19-/m1/s1. The van der Waals surface area contributed by atoms with Crippen molar-refractivity contribution in [1.82, 2.24) is 4.98 Å². The fourth-order valence-corrected chi connectivity index (χ4v) is 3.99. The third-order valence-corrected chi connectivity index (χ3v) is 5.87. The zero-order chi connectivity index (χ0) is 23.5. The number of aromatic nitrogens is 1. The van der Waals surface area contributed by atoms with E-state index in [-0.39, 0.29) is 11.7 Å². The largest absolute Gasteiger partial charge is 0.373 e. The third kappa shape index (κ3) is 4.24. The molecule has 1 atom stereocenters. The highest BCUT2D eigenvalue weighted by Gasteiger charge is 2.23. The Bertz CT molecular complexity index is 1500. The summed E-state index contributed by atoms with van der Waals surface area (Å²) in [6.07, 6.45) is 1.69. The van der Waals surface area contributed by atoms with Gasteiger partial charge in [-0.25, -0.2) is 0 Å². The Hall–Kier alpha value is -4.51. The molecule has 0 amide bonds. The molecule has 1 heterocycles. The van der Waals surface area contributed by atoms with Crippen molar-refractivity contribution in [1.29, 1.82) is 0 Å². The Balaban J connectivity index is 1.39. The van der Waals surface area contributed by atoms with Gasteiger partial charge in [-0.15, -0.1) is 0 Å². The second kappa shape index (κ2) is 9.16. The minimum atomic E-state index is -0.521. The summed E-state index contributed by atoms with van der Waals surface area (Å²) < 4.78 is 0. The molecule has 166 valence electrons. The molecule has 5 nitrogen and oxygen atoms in total. The Kier molecular flexibility index (Phi) is 5.75. The van der Waals surface area contributed by atoms with Gasteiger partial charge in [-0.05, 0) is 41.8 Å². The number of pyridine rings is 1. The molecular formula is C29H23N3O2. The Morgan fingerprint density at radius 2 is 1.32 bits per heavy atom. The third-order valence-electron chi connectivity index (χ3n) is 5.87. The van der Waals surface area contributed by atoms with Crippen LogP contribution >= 0.6 is 0 Å². The molecule has 0 bridgehead atoms. The van der Waals surface area contributed by atoms with E-state index in [2.05, 4.69) is 39.9 Å². The smallest absolute Gasteiger partial charge is 0.253 e. The number of nitrogens with one attached hydrogen (secondary N) is 2. The van der Waals surface area contributed by atoms with Crippen LogP contribution in [0.25, 0.3) is 22.4 Å². The van der Waals surface area contributed by atoms with Gasteiger partial charge in [0.1, 0.15) is 11.4 Å². The summed E-state index contributed by atoms with van der Waals surface area (Å²) in [5, 5.41) is 6.31. The van der Waals surface area contributed by atoms with Crippen molar-refractivity contribution in [2.75, 3.05) is 10.6 Å². The first-order chi connectivity index (χ1) is 16.6. The molecule has 0 radical (unpaired) electrons. The van der Waals surface area contributed by atoms with Crippen molar-refractivity contribution in [3.8, 4) is 22.4 Å². The minimum absolute atomic E-state index is 0.112. The molecule has 0 unspecified atom stereocenters. The highest BCUT2D eigenvalue weighted by molar-refractivity contribution is 5.80. The average molecular weight is 446 g/mol. The normalized spacial score (nSPS) is 11.8. The van der Waals surface area contributed by atoms with Crippen LogP contribution < -0.4 is 21.5 Å². The monoisotopic (exact) mass is 445 g/mol. The van der Waals surface area contributed by atoms with Crippen LogP contribution in [0.4, 0.5) is 17.1 Å². The molecule has 5 aromatic rings. The van der Waals surface area contributed by atoms with Crippen molar-refractivity contribution in [2.24, 2.45) is 0 Å². The van der Waals surface area contributed by atoms with Crippen LogP contribution in [0.1, 0.15) is 18.5 Å². The molecule has 5 rings (SSSR count). The summed E-state index contributed by atoms with van der Waals surface area (Å²) >= 11 is 0. The number of nitrogens with zero attached hydrogens (tertiary/aromatic N) is 1. The van der Waals surface area contributed by atoms with Crippen molar-refractivity contribution >= 4 is 17.1 Å². The van der Waals surface area contributed by atoms with Gasteiger partial charge in [0, 0.05) is 23.5 Å². The van der Waals surface area contributed by atoms with Gasteiger partial charge in [0.25, 0.3) is 10.9 Å². The van der Waals surface area contributed by atoms with Gasteiger partial charge in [-0.2, -0.15) is 0 Å². The van der Waals surface area contributed by atoms with Gasteiger partial charge in [0.15, 0.2) is 0 Å². The van der Waals surface area contributed by atoms with Gasteiger partial charge in [-0.1, -0.05) is 78.9 Å². The lowest BCUT2D eigenvalue weighted by Gasteiger charge is -2.20. The van der Waals surface area contributed by atoms with Gasteiger partial charge in [-0.3, -0.25) is 14.6 Å². The molecule has 0 aliphatic heterocycles. The molecule has 34 heavy (non-hydrogen) atoms. The van der Waals surface area contributed by atoms with Crippen LogP contribution in [0.15, 0.2) is 113 Å². The second-order valence-corrected chi connectivity index (χ2v) is 8.19. The molecule has 1 aromatic heterocycles. The summed E-state index contributed by atoms with van der Waals surface area (Å²) in [4.78, 5) is 29.1. The molecule has 0 aliphatic rings. The number of hydrogen-bond donors (Lipinski definition) is 2. The quantitative estimate of drug-likeness (QED) is 0.304. The van der Waals surface area contributed by atoms with E-state index in [1.165, 1.54) is 0 Å². The van der Waals surface area contributed by atoms with Crippen molar-refractivity contribution in [2.45, 2.75) is 13.0 Å². The fraction of sp³-hybridized carbons (Fsp3) is 0.0690. The SMILES string of the molecule is C[C@@H](Nc1c(Nc2ccnc(-c3cccc(-c4ccccc4)c3)c2)c(=O)c1=O)c1ccccc1. The summed E-state index contributed by atoms with van der Waals surface area (Å²) in [7, 11) is 0. The molecule has 4 aromatic carbocycles. The minimum Gasteiger partial charge on any atom is -0.373 e. The van der Waals surface area contributed by atoms with E-state index in [1.807, 2.05) is 73.7 Å². The maximum Gasteiger partial charge on any atom is 0.253 e. The van der Waals surface area contributed by atoms with Crippen LogP contribution in [-0.4, -0.2) is 4.98 Å². The predicted octanol–water partition coefficient (Wildman–Crippen LogP) is 5.93. The first-order valence-corrected chi connectivity index (χ1v) is 11.1. The number of anilines is 3. The first-order valence-electron chi connectivity index (χ1n) is 11.1. The zero-order valence-electron chi connectivity index (χ0n) is 18.7. The summed E-state index contributed by atoms with van der Waals surface area (Å²) in [6.45, 7) is 1.96. The molecule has 5 heteroatoms. The van der Waals surface area contributed by atoms with Gasteiger partial charge < -0.3 is 10.6 Å². The Morgan fingerprint density at radius 3 is 2.09 bits per heavy atom. The molecule has 0 spiro atoms. The molecule has 0 saturated carbocycles. The first kappa shape index (κ1) is 21.3. The van der Waals surface area contributed by atoms with Gasteiger partial charge >= 0.3 is 0 Å². The number of rotatable bonds is 7. The number of benzene rings is 3. The van der Waals surface area contributed by atoms with Crippen LogP contribution in [0.5, 0.6) is 0 Å². The van der Waals surface area contributed by atoms with E-state index >= 15 is 0 Å². The maximum atomic E-state index is 12.3. The molecule has 2 N–H and O–H groups in total. The summed E-state index contributed by atoms with van der Waals surface area (Å²) in [6, 6.07) is 31.7. The zero-order valence-corrected chi connectivity index (χ0v) is 18.7. The van der Waals surface area contributed by atoms with E-state index in [0.717, 1.165) is 27.9 Å². The van der Waals surface area contributed by atoms with Crippen LogP contribution in [0.3, 0.4) is 0 Å².